The van der Waals surface area contributed by atoms with Crippen LogP contribution < -0.4 is 5.19 Å². The summed E-state index contributed by atoms with van der Waals surface area (Å²) in [5, 5.41) is 1.56. The van der Waals surface area contributed by atoms with E-state index >= 15 is 0 Å². The van der Waals surface area contributed by atoms with Crippen LogP contribution in [0.3, 0.4) is 0 Å². The molecule has 1 fully saturated rings. The summed E-state index contributed by atoms with van der Waals surface area (Å²) in [6.07, 6.45) is 10.5. The molecule has 0 aliphatic heterocycles. The first kappa shape index (κ1) is 16.4. The van der Waals surface area contributed by atoms with Gasteiger partial charge in [0.25, 0.3) is 0 Å². The van der Waals surface area contributed by atoms with Crippen molar-refractivity contribution in [3.63, 3.8) is 0 Å². The second kappa shape index (κ2) is 7.00. The number of benzene rings is 1. The van der Waals surface area contributed by atoms with E-state index < -0.39 is 8.07 Å². The van der Waals surface area contributed by atoms with Crippen LogP contribution in [0.15, 0.2) is 42.6 Å². The van der Waals surface area contributed by atoms with Crippen molar-refractivity contribution in [1.82, 2.24) is 4.98 Å². The Hall–Kier alpha value is -1.41. The second-order valence-electron chi connectivity index (χ2n) is 8.05. The highest BCUT2D eigenvalue weighted by molar-refractivity contribution is 6.89. The van der Waals surface area contributed by atoms with Gasteiger partial charge < -0.3 is 0 Å². The zero-order chi connectivity index (χ0) is 16.3. The third-order valence-electron chi connectivity index (χ3n) is 5.10. The van der Waals surface area contributed by atoms with Crippen molar-refractivity contribution in [3.8, 4) is 11.3 Å². The highest BCUT2D eigenvalue weighted by Gasteiger charge is 2.23. The van der Waals surface area contributed by atoms with Crippen LogP contribution >= 0.6 is 0 Å². The molecule has 0 radical (unpaired) electrons. The lowest BCUT2D eigenvalue weighted by atomic mass is 9.85. The fraction of sp³-hybridized carbons (Fsp3) is 0.476. The van der Waals surface area contributed by atoms with Crippen molar-refractivity contribution in [2.75, 3.05) is 0 Å². The molecule has 1 heterocycles. The molecular formula is C21H29NSi. The maximum Gasteiger partial charge on any atom is 0.0799 e. The quantitative estimate of drug-likeness (QED) is 0.685. The van der Waals surface area contributed by atoms with Gasteiger partial charge in [-0.25, -0.2) is 0 Å². The van der Waals surface area contributed by atoms with Gasteiger partial charge in [-0.05, 0) is 29.2 Å². The van der Waals surface area contributed by atoms with Crippen LogP contribution in [0.25, 0.3) is 11.3 Å². The third-order valence-corrected chi connectivity index (χ3v) is 7.17. The summed E-state index contributed by atoms with van der Waals surface area (Å²) >= 11 is 0. The Morgan fingerprint density at radius 3 is 2.35 bits per heavy atom. The van der Waals surface area contributed by atoms with E-state index in [1.54, 1.807) is 10.8 Å². The fourth-order valence-corrected chi connectivity index (χ4v) is 5.40. The molecule has 0 spiro atoms. The molecule has 1 aliphatic carbocycles. The lowest BCUT2D eigenvalue weighted by molar-refractivity contribution is 0.357. The lowest BCUT2D eigenvalue weighted by Crippen LogP contribution is -2.41. The van der Waals surface area contributed by atoms with Crippen LogP contribution in [0.2, 0.25) is 19.6 Å². The van der Waals surface area contributed by atoms with Gasteiger partial charge in [0.1, 0.15) is 0 Å². The minimum absolute atomic E-state index is 0.880. The van der Waals surface area contributed by atoms with Crippen LogP contribution in [0.5, 0.6) is 0 Å². The van der Waals surface area contributed by atoms with Gasteiger partial charge in [-0.3, -0.25) is 4.98 Å². The van der Waals surface area contributed by atoms with Crippen molar-refractivity contribution < 1.29 is 0 Å². The summed E-state index contributed by atoms with van der Waals surface area (Å²) in [4.78, 5) is 4.80. The molecule has 0 saturated heterocycles. The van der Waals surface area contributed by atoms with Gasteiger partial charge in [0, 0.05) is 11.8 Å². The maximum atomic E-state index is 4.80. The van der Waals surface area contributed by atoms with Crippen molar-refractivity contribution >= 4 is 13.3 Å². The van der Waals surface area contributed by atoms with Crippen molar-refractivity contribution in [2.24, 2.45) is 5.92 Å². The van der Waals surface area contributed by atoms with Crippen LogP contribution in [0.1, 0.15) is 37.7 Å². The standard InChI is InChI=1S/C21H29NSi/c1-23(2,3)21-16-22-20(18-12-8-5-9-13-18)15-19(21)14-17-10-6-4-7-11-17/h5,8-9,12-13,15-17H,4,6-7,10-11,14H2,1-3H3. The van der Waals surface area contributed by atoms with Crippen molar-refractivity contribution in [2.45, 2.75) is 58.2 Å². The number of aromatic nitrogens is 1. The Labute approximate surface area is 142 Å². The van der Waals surface area contributed by atoms with E-state index in [2.05, 4.69) is 62.2 Å². The summed E-state index contributed by atoms with van der Waals surface area (Å²) < 4.78 is 0. The molecule has 122 valence electrons. The van der Waals surface area contributed by atoms with E-state index in [4.69, 9.17) is 4.98 Å². The monoisotopic (exact) mass is 323 g/mol. The largest absolute Gasteiger partial charge is 0.256 e. The van der Waals surface area contributed by atoms with Crippen LogP contribution in [0, 0.1) is 5.92 Å². The molecule has 2 aromatic rings. The zero-order valence-corrected chi connectivity index (χ0v) is 15.8. The molecule has 1 aromatic carbocycles. The minimum Gasteiger partial charge on any atom is -0.256 e. The van der Waals surface area contributed by atoms with E-state index in [9.17, 15) is 0 Å². The molecule has 0 atom stereocenters. The number of hydrogen-bond donors (Lipinski definition) is 0. The molecule has 0 unspecified atom stereocenters. The average Bonchev–Trinajstić information content (AvgIpc) is 2.55. The summed E-state index contributed by atoms with van der Waals surface area (Å²) in [5.74, 6) is 0.880. The second-order valence-corrected chi connectivity index (χ2v) is 13.1. The Kier molecular flexibility index (Phi) is 5.01. The van der Waals surface area contributed by atoms with Crippen LogP contribution in [0.4, 0.5) is 0 Å². The fourth-order valence-electron chi connectivity index (χ4n) is 3.81. The van der Waals surface area contributed by atoms with Gasteiger partial charge in [0.2, 0.25) is 0 Å². The SMILES string of the molecule is C[Si](C)(C)c1cnc(-c2ccccc2)cc1CC1CCCCC1. The summed E-state index contributed by atoms with van der Waals surface area (Å²) in [7, 11) is -1.35. The minimum atomic E-state index is -1.35. The predicted molar refractivity (Wildman–Crippen MR) is 103 cm³/mol. The summed E-state index contributed by atoms with van der Waals surface area (Å²) in [6.45, 7) is 7.32. The molecule has 0 bridgehead atoms. The molecule has 23 heavy (non-hydrogen) atoms. The normalized spacial score (nSPS) is 16.5. The highest BCUT2D eigenvalue weighted by Crippen LogP contribution is 2.28. The van der Waals surface area contributed by atoms with Crippen molar-refractivity contribution in [1.29, 1.82) is 0 Å². The topological polar surface area (TPSA) is 12.9 Å². The van der Waals surface area contributed by atoms with Gasteiger partial charge in [-0.2, -0.15) is 0 Å². The van der Waals surface area contributed by atoms with E-state index in [-0.39, 0.29) is 0 Å². The zero-order valence-electron chi connectivity index (χ0n) is 14.8. The van der Waals surface area contributed by atoms with Gasteiger partial charge >= 0.3 is 0 Å². The smallest absolute Gasteiger partial charge is 0.0799 e. The first-order chi connectivity index (χ1) is 11.0. The molecule has 1 aromatic heterocycles. The van der Waals surface area contributed by atoms with E-state index in [1.807, 2.05) is 0 Å². The Morgan fingerprint density at radius 2 is 1.70 bits per heavy atom. The molecule has 1 nitrogen and oxygen atoms in total. The highest BCUT2D eigenvalue weighted by atomic mass is 28.3. The van der Waals surface area contributed by atoms with Gasteiger partial charge in [0.15, 0.2) is 0 Å². The molecular weight excluding hydrogens is 294 g/mol. The number of pyridine rings is 1. The lowest BCUT2D eigenvalue weighted by Gasteiger charge is -2.26. The Bertz CT molecular complexity index is 637. The Morgan fingerprint density at radius 1 is 1.00 bits per heavy atom. The first-order valence-corrected chi connectivity index (χ1v) is 12.6. The van der Waals surface area contributed by atoms with Crippen molar-refractivity contribution in [3.05, 3.63) is 48.2 Å². The third kappa shape index (κ3) is 4.11. The molecule has 0 N–H and O–H groups in total. The molecule has 0 amide bonds. The predicted octanol–water partition coefficient (Wildman–Crippen LogP) is 5.42. The maximum absolute atomic E-state index is 4.80. The summed E-state index contributed by atoms with van der Waals surface area (Å²) in [5.41, 5.74) is 3.95. The van der Waals surface area contributed by atoms with E-state index in [0.717, 1.165) is 11.6 Å². The van der Waals surface area contributed by atoms with E-state index in [0.29, 0.717) is 0 Å². The van der Waals surface area contributed by atoms with Gasteiger partial charge in [-0.1, -0.05) is 82.1 Å². The molecule has 1 aliphatic rings. The number of nitrogens with zero attached hydrogens (tertiary/aromatic N) is 1. The van der Waals surface area contributed by atoms with E-state index in [1.165, 1.54) is 44.1 Å². The van der Waals surface area contributed by atoms with Gasteiger partial charge in [0.05, 0.1) is 13.8 Å². The molecule has 1 saturated carbocycles. The van der Waals surface area contributed by atoms with Crippen LogP contribution in [-0.2, 0) is 6.42 Å². The number of rotatable bonds is 4. The molecule has 2 heteroatoms. The Balaban J connectivity index is 1.95. The first-order valence-electron chi connectivity index (χ1n) is 9.09. The summed E-state index contributed by atoms with van der Waals surface area (Å²) in [6, 6.07) is 13.0. The average molecular weight is 324 g/mol. The number of hydrogen-bond acceptors (Lipinski definition) is 1. The molecule has 3 rings (SSSR count). The van der Waals surface area contributed by atoms with Crippen LogP contribution in [-0.4, -0.2) is 13.1 Å². The van der Waals surface area contributed by atoms with Gasteiger partial charge in [-0.15, -0.1) is 0 Å².